The summed E-state index contributed by atoms with van der Waals surface area (Å²) in [6.07, 6.45) is 11.8. The molecule has 10 heteroatoms. The zero-order chi connectivity index (χ0) is 35.7. The molecule has 0 unspecified atom stereocenters. The minimum Gasteiger partial charge on any atom is -0.496 e. The zero-order valence-electron chi connectivity index (χ0n) is 30.4. The van der Waals surface area contributed by atoms with Crippen molar-refractivity contribution in [2.45, 2.75) is 115 Å². The van der Waals surface area contributed by atoms with Crippen LogP contribution in [0.4, 0.5) is 10.6 Å². The number of fused-ring (bicyclic) bond motifs is 3. The molecule has 0 radical (unpaired) electrons. The van der Waals surface area contributed by atoms with Crippen molar-refractivity contribution >= 4 is 17.8 Å². The molecule has 4 saturated carbocycles. The molecule has 0 spiro atoms. The number of nitrogens with zero attached hydrogens (tertiary/aromatic N) is 4. The third-order valence-corrected chi connectivity index (χ3v) is 11.9. The molecule has 50 heavy (non-hydrogen) atoms. The lowest BCUT2D eigenvalue weighted by atomic mass is 9.51. The summed E-state index contributed by atoms with van der Waals surface area (Å²) in [5.41, 5.74) is 4.08. The van der Waals surface area contributed by atoms with Crippen molar-refractivity contribution in [3.8, 4) is 17.0 Å². The summed E-state index contributed by atoms with van der Waals surface area (Å²) < 4.78 is 11.4. The smallest absolute Gasteiger partial charge is 0.407 e. The number of oxazole rings is 1. The summed E-state index contributed by atoms with van der Waals surface area (Å²) in [6, 6.07) is 10.4. The number of ether oxygens (including phenoxy) is 1. The number of pyridine rings is 1. The summed E-state index contributed by atoms with van der Waals surface area (Å²) >= 11 is 0. The lowest BCUT2D eigenvalue weighted by Gasteiger charge is -2.55. The van der Waals surface area contributed by atoms with E-state index in [0.29, 0.717) is 56.9 Å². The number of carboxylic acid groups (broad SMARTS) is 1. The van der Waals surface area contributed by atoms with Gasteiger partial charge in [0.2, 0.25) is 5.91 Å². The fourth-order valence-corrected chi connectivity index (χ4v) is 8.76. The van der Waals surface area contributed by atoms with Crippen LogP contribution in [0, 0.1) is 18.3 Å². The Bertz CT molecular complexity index is 1650. The third kappa shape index (κ3) is 7.27. The Morgan fingerprint density at radius 3 is 2.30 bits per heavy atom. The first-order valence-corrected chi connectivity index (χ1v) is 18.4. The number of carbonyl (C=O) groups excluding carboxylic acids is 1. The average molecular weight is 687 g/mol. The fourth-order valence-electron chi connectivity index (χ4n) is 8.76. The second kappa shape index (κ2) is 14.4. The van der Waals surface area contributed by atoms with Crippen LogP contribution in [0.1, 0.15) is 108 Å². The number of rotatable bonds is 11. The van der Waals surface area contributed by atoms with E-state index in [2.05, 4.69) is 45.9 Å². The molecule has 2 amide bonds. The largest absolute Gasteiger partial charge is 0.496 e. The van der Waals surface area contributed by atoms with Crippen LogP contribution in [0.5, 0.6) is 5.75 Å². The highest BCUT2D eigenvalue weighted by molar-refractivity contribution is 5.95. The summed E-state index contributed by atoms with van der Waals surface area (Å²) in [5.74, 6) is 2.07. The number of hydrogen-bond acceptors (Lipinski definition) is 7. The molecule has 10 nitrogen and oxygen atoms in total. The van der Waals surface area contributed by atoms with E-state index in [0.717, 1.165) is 55.5 Å². The Balaban J connectivity index is 1.25. The van der Waals surface area contributed by atoms with Crippen LogP contribution in [0.2, 0.25) is 0 Å². The van der Waals surface area contributed by atoms with Gasteiger partial charge in [0.1, 0.15) is 23.5 Å². The van der Waals surface area contributed by atoms with Gasteiger partial charge < -0.3 is 24.3 Å². The predicted octanol–water partition coefficient (Wildman–Crippen LogP) is 7.90. The normalized spacial score (nSPS) is 24.9. The lowest BCUT2D eigenvalue weighted by molar-refractivity contribution is -0.124. The van der Waals surface area contributed by atoms with Crippen molar-refractivity contribution in [2.75, 3.05) is 31.7 Å². The zero-order valence-corrected chi connectivity index (χ0v) is 30.4. The highest BCUT2D eigenvalue weighted by Crippen LogP contribution is 2.58. The van der Waals surface area contributed by atoms with E-state index < -0.39 is 6.09 Å². The topological polar surface area (TPSA) is 129 Å². The van der Waals surface area contributed by atoms with Crippen molar-refractivity contribution in [3.05, 3.63) is 59.8 Å². The van der Waals surface area contributed by atoms with Crippen LogP contribution in [-0.4, -0.2) is 69.9 Å². The second-order valence-electron chi connectivity index (χ2n) is 16.1. The molecule has 4 aliphatic rings. The van der Waals surface area contributed by atoms with Gasteiger partial charge >= 0.3 is 6.09 Å². The van der Waals surface area contributed by atoms with Crippen LogP contribution in [0.3, 0.4) is 0 Å². The number of anilines is 1. The van der Waals surface area contributed by atoms with Crippen molar-refractivity contribution < 1.29 is 29.0 Å². The van der Waals surface area contributed by atoms with Gasteiger partial charge in [0.25, 0.3) is 0 Å². The SMILES string of the molecule is COc1ccc(C23CCC(CN(c4cc(-c5coc(C(C)(C)C)n5)ccn4)C(=O)[C@H]4CC[C@H](N(CCCO)C(=O)O)CC4)(CC2)CC3)cc1C. The van der Waals surface area contributed by atoms with Crippen LogP contribution >= 0.6 is 0 Å². The van der Waals surface area contributed by atoms with Gasteiger partial charge in [-0.3, -0.25) is 9.69 Å². The predicted molar refractivity (Wildman–Crippen MR) is 193 cm³/mol. The van der Waals surface area contributed by atoms with E-state index in [1.807, 2.05) is 17.0 Å². The number of carbonyl (C=O) groups is 2. The van der Waals surface area contributed by atoms with E-state index in [4.69, 9.17) is 19.1 Å². The summed E-state index contributed by atoms with van der Waals surface area (Å²) in [6.45, 7) is 9.18. The monoisotopic (exact) mass is 686 g/mol. The van der Waals surface area contributed by atoms with Gasteiger partial charge in [0, 0.05) is 48.8 Å². The van der Waals surface area contributed by atoms with Crippen LogP contribution < -0.4 is 9.64 Å². The van der Waals surface area contributed by atoms with Gasteiger partial charge in [-0.25, -0.2) is 14.8 Å². The van der Waals surface area contributed by atoms with Gasteiger partial charge in [-0.05, 0) is 118 Å². The first kappa shape index (κ1) is 35.9. The number of aromatic nitrogens is 2. The number of benzene rings is 1. The summed E-state index contributed by atoms with van der Waals surface area (Å²) in [7, 11) is 1.72. The van der Waals surface area contributed by atoms with Gasteiger partial charge in [0.15, 0.2) is 5.89 Å². The summed E-state index contributed by atoms with van der Waals surface area (Å²) in [4.78, 5) is 39.7. The molecular weight excluding hydrogens is 632 g/mol. The highest BCUT2D eigenvalue weighted by atomic mass is 16.5. The molecule has 7 rings (SSSR count). The Kier molecular flexibility index (Phi) is 10.3. The molecule has 2 aromatic heterocycles. The molecule has 4 fully saturated rings. The quantitative estimate of drug-likeness (QED) is 0.208. The molecular formula is C40H54N4O6. The lowest BCUT2D eigenvalue weighted by Crippen LogP contribution is -2.52. The van der Waals surface area contributed by atoms with Crippen LogP contribution in [0.25, 0.3) is 11.3 Å². The maximum Gasteiger partial charge on any atom is 0.407 e. The van der Waals surface area contributed by atoms with Gasteiger partial charge in [-0.15, -0.1) is 0 Å². The fraction of sp³-hybridized carbons (Fsp3) is 0.600. The van der Waals surface area contributed by atoms with Crippen LogP contribution in [0.15, 0.2) is 47.2 Å². The number of amides is 2. The van der Waals surface area contributed by atoms with Crippen molar-refractivity contribution in [1.29, 1.82) is 0 Å². The maximum atomic E-state index is 14.7. The number of aryl methyl sites for hydroxylation is 1. The van der Waals surface area contributed by atoms with Crippen molar-refractivity contribution in [1.82, 2.24) is 14.9 Å². The third-order valence-electron chi connectivity index (χ3n) is 11.9. The molecule has 2 heterocycles. The first-order chi connectivity index (χ1) is 23.9. The highest BCUT2D eigenvalue weighted by Gasteiger charge is 2.51. The second-order valence-corrected chi connectivity index (χ2v) is 16.1. The summed E-state index contributed by atoms with van der Waals surface area (Å²) in [5, 5.41) is 19.1. The van der Waals surface area contributed by atoms with Crippen molar-refractivity contribution in [2.24, 2.45) is 11.3 Å². The van der Waals surface area contributed by atoms with E-state index in [-0.39, 0.29) is 40.7 Å². The number of methoxy groups -OCH3 is 1. The molecule has 0 aliphatic heterocycles. The first-order valence-electron chi connectivity index (χ1n) is 18.4. The maximum absolute atomic E-state index is 14.7. The molecule has 0 saturated heterocycles. The Morgan fingerprint density at radius 1 is 1.02 bits per heavy atom. The molecule has 4 aliphatic carbocycles. The number of hydrogen-bond donors (Lipinski definition) is 2. The molecule has 2 bridgehead atoms. The molecule has 0 atom stereocenters. The Labute approximate surface area is 296 Å². The van der Waals surface area contributed by atoms with E-state index in [9.17, 15) is 19.8 Å². The molecule has 270 valence electrons. The van der Waals surface area contributed by atoms with Gasteiger partial charge in [-0.2, -0.15) is 0 Å². The van der Waals surface area contributed by atoms with E-state index in [1.165, 1.54) is 16.0 Å². The van der Waals surface area contributed by atoms with Gasteiger partial charge in [0.05, 0.1) is 7.11 Å². The molecule has 3 aromatic rings. The Morgan fingerprint density at radius 2 is 1.72 bits per heavy atom. The number of aliphatic hydroxyl groups is 1. The number of aliphatic hydroxyl groups excluding tert-OH is 1. The van der Waals surface area contributed by atoms with Crippen molar-refractivity contribution in [3.63, 3.8) is 0 Å². The van der Waals surface area contributed by atoms with E-state index in [1.54, 1.807) is 19.6 Å². The molecule has 2 N–H and O–H groups in total. The van der Waals surface area contributed by atoms with Crippen LogP contribution in [-0.2, 0) is 15.6 Å². The minimum absolute atomic E-state index is 0.00546. The molecule has 1 aromatic carbocycles. The van der Waals surface area contributed by atoms with Gasteiger partial charge in [-0.1, -0.05) is 32.9 Å². The average Bonchev–Trinajstić information content (AvgIpc) is 3.63. The Hall–Kier alpha value is -3.92. The minimum atomic E-state index is -0.965. The van der Waals surface area contributed by atoms with E-state index >= 15 is 0 Å². The standard InChI is InChI=1S/C40H54N4O6/c1-27-23-30(9-12-33(27)49-5)40-17-14-39(15-18-40,16-19-40)26-44(34-24-29(13-20-41-34)32-25-50-36(42-32)38(2,3)4)35(46)28-7-10-31(11-8-28)43(37(47)48)21-6-22-45/h9,12-13,20,23-25,28,31,45H,6-8,10-11,14-19,21-22,26H2,1-5H3,(H,47,48)/t28-,31-,39?,40?.